The summed E-state index contributed by atoms with van der Waals surface area (Å²) in [4.78, 5) is 26.1. The summed E-state index contributed by atoms with van der Waals surface area (Å²) in [5, 5.41) is 4.14. The number of likely N-dealkylation sites (tertiary alicyclic amines) is 1. The predicted octanol–water partition coefficient (Wildman–Crippen LogP) is 1.98. The Morgan fingerprint density at radius 2 is 2.08 bits per heavy atom. The van der Waals surface area contributed by atoms with Crippen molar-refractivity contribution in [2.75, 3.05) is 19.7 Å². The van der Waals surface area contributed by atoms with Gasteiger partial charge in [0.25, 0.3) is 0 Å². The van der Waals surface area contributed by atoms with Crippen LogP contribution in [0.2, 0.25) is 0 Å². The fraction of sp³-hybridized carbons (Fsp3) is 0.421. The lowest BCUT2D eigenvalue weighted by atomic mass is 10.1. The molecular formula is C19H23N3O3. The van der Waals surface area contributed by atoms with Crippen molar-refractivity contribution >= 4 is 11.9 Å². The second-order valence-electron chi connectivity index (χ2n) is 6.55. The van der Waals surface area contributed by atoms with Gasteiger partial charge in [0.15, 0.2) is 0 Å². The molecule has 1 atom stereocenters. The molecule has 0 radical (unpaired) electrons. The Bertz CT molecular complexity index is 755. The van der Waals surface area contributed by atoms with Gasteiger partial charge in [0.1, 0.15) is 5.56 Å². The van der Waals surface area contributed by atoms with E-state index in [2.05, 4.69) is 17.2 Å². The van der Waals surface area contributed by atoms with Gasteiger partial charge < -0.3 is 9.64 Å². The molecule has 2 heterocycles. The largest absolute Gasteiger partial charge is 0.462 e. The van der Waals surface area contributed by atoms with Crippen molar-refractivity contribution in [2.45, 2.75) is 19.8 Å². The normalized spacial score (nSPS) is 17.1. The summed E-state index contributed by atoms with van der Waals surface area (Å²) >= 11 is 0. The number of carbonyl (C=O) groups excluding carboxylic acids is 2. The van der Waals surface area contributed by atoms with Crippen LogP contribution in [0.5, 0.6) is 0 Å². The molecule has 1 amide bonds. The van der Waals surface area contributed by atoms with Crippen LogP contribution in [-0.4, -0.2) is 46.3 Å². The minimum Gasteiger partial charge on any atom is -0.462 e. The molecule has 1 aromatic heterocycles. The van der Waals surface area contributed by atoms with Gasteiger partial charge in [-0.05, 0) is 18.9 Å². The molecule has 1 saturated heterocycles. The van der Waals surface area contributed by atoms with E-state index in [0.717, 1.165) is 6.42 Å². The number of hydrogen-bond donors (Lipinski definition) is 0. The van der Waals surface area contributed by atoms with E-state index in [1.807, 2.05) is 23.1 Å². The molecule has 3 rings (SSSR count). The van der Waals surface area contributed by atoms with E-state index in [9.17, 15) is 9.59 Å². The fourth-order valence-electron chi connectivity index (χ4n) is 3.16. The summed E-state index contributed by atoms with van der Waals surface area (Å²) in [6.45, 7) is 3.39. The molecule has 25 heavy (non-hydrogen) atoms. The van der Waals surface area contributed by atoms with Crippen molar-refractivity contribution in [3.63, 3.8) is 0 Å². The molecule has 6 heteroatoms. The molecule has 0 bridgehead atoms. The lowest BCUT2D eigenvalue weighted by Gasteiger charge is -2.16. The number of aromatic nitrogens is 2. The molecule has 0 N–H and O–H groups in total. The first-order valence-corrected chi connectivity index (χ1v) is 8.52. The second-order valence-corrected chi connectivity index (χ2v) is 6.55. The highest BCUT2D eigenvalue weighted by Gasteiger charge is 2.30. The van der Waals surface area contributed by atoms with Gasteiger partial charge in [0.2, 0.25) is 5.91 Å². The van der Waals surface area contributed by atoms with Gasteiger partial charge in [0, 0.05) is 38.7 Å². The maximum atomic E-state index is 12.2. The average Bonchev–Trinajstić information content (AvgIpc) is 3.13. The van der Waals surface area contributed by atoms with Gasteiger partial charge in [-0.25, -0.2) is 4.79 Å². The van der Waals surface area contributed by atoms with Crippen LogP contribution in [-0.2, 0) is 23.0 Å². The molecule has 1 unspecified atom stereocenters. The van der Waals surface area contributed by atoms with E-state index >= 15 is 0 Å². The van der Waals surface area contributed by atoms with Crippen LogP contribution < -0.4 is 0 Å². The summed E-state index contributed by atoms with van der Waals surface area (Å²) in [6, 6.07) is 10.1. The van der Waals surface area contributed by atoms with Gasteiger partial charge in [-0.2, -0.15) is 5.10 Å². The number of benzene rings is 1. The molecule has 0 spiro atoms. The molecule has 6 nitrogen and oxygen atoms in total. The number of aryl methyl sites for hydroxylation is 2. The third kappa shape index (κ3) is 4.26. The van der Waals surface area contributed by atoms with E-state index in [4.69, 9.17) is 4.74 Å². The van der Waals surface area contributed by atoms with Crippen LogP contribution >= 0.6 is 0 Å². The first-order valence-electron chi connectivity index (χ1n) is 8.52. The van der Waals surface area contributed by atoms with Crippen molar-refractivity contribution in [3.05, 3.63) is 53.3 Å². The standard InChI is InChI=1S/C19H23N3O3/c1-14-17(12-21(2)20-14)19(24)25-13-16-10-18(23)22(11-16)9-8-15-6-4-3-5-7-15/h3-7,12,16H,8-11,13H2,1-2H3. The van der Waals surface area contributed by atoms with Gasteiger partial charge in [-0.15, -0.1) is 0 Å². The van der Waals surface area contributed by atoms with Crippen LogP contribution in [0, 0.1) is 12.8 Å². The average molecular weight is 341 g/mol. The smallest absolute Gasteiger partial charge is 0.341 e. The minimum atomic E-state index is -0.374. The Balaban J connectivity index is 1.47. The topological polar surface area (TPSA) is 64.4 Å². The third-order valence-corrected chi connectivity index (χ3v) is 4.49. The number of carbonyl (C=O) groups is 2. The van der Waals surface area contributed by atoms with E-state index in [1.165, 1.54) is 5.56 Å². The van der Waals surface area contributed by atoms with Gasteiger partial charge in [-0.3, -0.25) is 9.48 Å². The van der Waals surface area contributed by atoms with E-state index in [-0.39, 0.29) is 24.4 Å². The number of ether oxygens (including phenoxy) is 1. The van der Waals surface area contributed by atoms with E-state index in [0.29, 0.717) is 30.8 Å². The Labute approximate surface area is 147 Å². The second kappa shape index (κ2) is 7.51. The first-order chi connectivity index (χ1) is 12.0. The highest BCUT2D eigenvalue weighted by atomic mass is 16.5. The monoisotopic (exact) mass is 341 g/mol. The lowest BCUT2D eigenvalue weighted by Crippen LogP contribution is -2.28. The van der Waals surface area contributed by atoms with Crippen molar-refractivity contribution < 1.29 is 14.3 Å². The third-order valence-electron chi connectivity index (χ3n) is 4.49. The molecule has 1 fully saturated rings. The zero-order chi connectivity index (χ0) is 17.8. The van der Waals surface area contributed by atoms with Crippen LogP contribution in [0.4, 0.5) is 0 Å². The SMILES string of the molecule is Cc1nn(C)cc1C(=O)OCC1CC(=O)N(CCc2ccccc2)C1. The molecule has 1 aliphatic heterocycles. The first kappa shape index (κ1) is 17.2. The minimum absolute atomic E-state index is 0.0594. The zero-order valence-electron chi connectivity index (χ0n) is 14.6. The summed E-state index contributed by atoms with van der Waals surface area (Å²) in [5.41, 5.74) is 2.35. The molecule has 0 saturated carbocycles. The zero-order valence-corrected chi connectivity index (χ0v) is 14.6. The summed E-state index contributed by atoms with van der Waals surface area (Å²) in [5.74, 6) is -0.181. The van der Waals surface area contributed by atoms with Gasteiger partial charge in [0.05, 0.1) is 12.3 Å². The maximum absolute atomic E-state index is 12.2. The number of hydrogen-bond acceptors (Lipinski definition) is 4. The quantitative estimate of drug-likeness (QED) is 0.754. The highest BCUT2D eigenvalue weighted by molar-refractivity contribution is 5.90. The molecule has 2 aromatic rings. The number of amides is 1. The summed E-state index contributed by atoms with van der Waals surface area (Å²) in [6.07, 6.45) is 2.94. The van der Waals surface area contributed by atoms with Crippen LogP contribution in [0.15, 0.2) is 36.5 Å². The van der Waals surface area contributed by atoms with Crippen molar-refractivity contribution in [2.24, 2.45) is 13.0 Å². The van der Waals surface area contributed by atoms with Crippen molar-refractivity contribution in [1.29, 1.82) is 0 Å². The Morgan fingerprint density at radius 1 is 1.32 bits per heavy atom. The molecule has 132 valence electrons. The lowest BCUT2D eigenvalue weighted by molar-refractivity contribution is -0.127. The van der Waals surface area contributed by atoms with E-state index in [1.54, 1.807) is 24.9 Å². The van der Waals surface area contributed by atoms with E-state index < -0.39 is 0 Å². The number of rotatable bonds is 6. The Kier molecular flexibility index (Phi) is 5.16. The highest BCUT2D eigenvalue weighted by Crippen LogP contribution is 2.19. The molecule has 1 aromatic carbocycles. The maximum Gasteiger partial charge on any atom is 0.341 e. The molecular weight excluding hydrogens is 318 g/mol. The molecule has 1 aliphatic rings. The van der Waals surface area contributed by atoms with Crippen molar-refractivity contribution in [3.8, 4) is 0 Å². The van der Waals surface area contributed by atoms with Crippen LogP contribution in [0.25, 0.3) is 0 Å². The van der Waals surface area contributed by atoms with Crippen LogP contribution in [0.3, 0.4) is 0 Å². The Morgan fingerprint density at radius 3 is 2.76 bits per heavy atom. The van der Waals surface area contributed by atoms with Gasteiger partial charge in [-0.1, -0.05) is 30.3 Å². The molecule has 0 aliphatic carbocycles. The summed E-state index contributed by atoms with van der Waals surface area (Å²) in [7, 11) is 1.77. The van der Waals surface area contributed by atoms with Crippen LogP contribution in [0.1, 0.15) is 28.0 Å². The summed E-state index contributed by atoms with van der Waals surface area (Å²) < 4.78 is 6.99. The van der Waals surface area contributed by atoms with Crippen molar-refractivity contribution in [1.82, 2.24) is 14.7 Å². The van der Waals surface area contributed by atoms with Gasteiger partial charge >= 0.3 is 5.97 Å². The number of esters is 1. The number of nitrogens with zero attached hydrogens (tertiary/aromatic N) is 3. The fourth-order valence-corrected chi connectivity index (χ4v) is 3.16. The Hall–Kier alpha value is -2.63. The predicted molar refractivity (Wildman–Crippen MR) is 93.1 cm³/mol.